The van der Waals surface area contributed by atoms with Crippen LogP contribution in [0.3, 0.4) is 0 Å². The van der Waals surface area contributed by atoms with Gasteiger partial charge in [-0.3, -0.25) is 4.79 Å². The molecule has 1 aliphatic rings. The Kier molecular flexibility index (Phi) is 6.60. The second kappa shape index (κ2) is 9.39. The third-order valence-corrected chi connectivity index (χ3v) is 7.29. The van der Waals surface area contributed by atoms with Crippen LogP contribution < -0.4 is 5.32 Å². The Morgan fingerprint density at radius 1 is 1.16 bits per heavy atom. The zero-order valence-electron chi connectivity index (χ0n) is 18.8. The van der Waals surface area contributed by atoms with Crippen molar-refractivity contribution in [1.29, 1.82) is 0 Å². The first-order valence-electron chi connectivity index (χ1n) is 11.1. The van der Waals surface area contributed by atoms with Crippen molar-refractivity contribution < 1.29 is 4.79 Å². The SMILES string of the molecule is Cc1ccccc1Cc1c(C)nc2nc(SCC(=O)N[C@H]3CCCC[C@H]3C)nn2c1C. The van der Waals surface area contributed by atoms with E-state index in [2.05, 4.69) is 65.4 Å². The molecule has 2 atom stereocenters. The molecule has 3 aromatic rings. The monoisotopic (exact) mass is 437 g/mol. The van der Waals surface area contributed by atoms with Crippen molar-refractivity contribution in [3.8, 4) is 0 Å². The highest BCUT2D eigenvalue weighted by Gasteiger charge is 2.23. The molecule has 0 bridgehead atoms. The Morgan fingerprint density at radius 2 is 1.94 bits per heavy atom. The predicted octanol–water partition coefficient (Wildman–Crippen LogP) is 4.43. The van der Waals surface area contributed by atoms with Crippen molar-refractivity contribution in [3.05, 3.63) is 52.3 Å². The highest BCUT2D eigenvalue weighted by atomic mass is 32.2. The smallest absolute Gasteiger partial charge is 0.253 e. The summed E-state index contributed by atoms with van der Waals surface area (Å²) in [4.78, 5) is 21.7. The zero-order chi connectivity index (χ0) is 22.0. The molecule has 4 rings (SSSR count). The van der Waals surface area contributed by atoms with Crippen molar-refractivity contribution in [1.82, 2.24) is 24.9 Å². The van der Waals surface area contributed by atoms with Gasteiger partial charge in [-0.25, -0.2) is 9.50 Å². The number of nitrogens with zero attached hydrogens (tertiary/aromatic N) is 4. The number of carbonyl (C=O) groups is 1. The van der Waals surface area contributed by atoms with Crippen LogP contribution in [0.15, 0.2) is 29.4 Å². The second-order valence-corrected chi connectivity index (χ2v) is 9.64. The van der Waals surface area contributed by atoms with Crippen LogP contribution in [0.5, 0.6) is 0 Å². The van der Waals surface area contributed by atoms with Crippen molar-refractivity contribution in [3.63, 3.8) is 0 Å². The van der Waals surface area contributed by atoms with E-state index in [0.29, 0.717) is 28.6 Å². The van der Waals surface area contributed by atoms with E-state index < -0.39 is 0 Å². The number of hydrogen-bond acceptors (Lipinski definition) is 5. The quantitative estimate of drug-likeness (QED) is 0.578. The normalized spacial score (nSPS) is 19.0. The molecule has 7 heteroatoms. The van der Waals surface area contributed by atoms with Crippen LogP contribution in [-0.4, -0.2) is 37.3 Å². The Balaban J connectivity index is 1.47. The minimum Gasteiger partial charge on any atom is -0.352 e. The molecular weight excluding hydrogens is 406 g/mol. The lowest BCUT2D eigenvalue weighted by atomic mass is 9.86. The lowest BCUT2D eigenvalue weighted by Gasteiger charge is -2.29. The lowest BCUT2D eigenvalue weighted by molar-refractivity contribution is -0.119. The van der Waals surface area contributed by atoms with Gasteiger partial charge in [0.05, 0.1) is 5.75 Å². The minimum atomic E-state index is 0.0590. The number of thioether (sulfide) groups is 1. The average Bonchev–Trinajstić information content (AvgIpc) is 3.15. The fraction of sp³-hybridized carbons (Fsp3) is 0.500. The number of benzene rings is 1. The van der Waals surface area contributed by atoms with Crippen LogP contribution >= 0.6 is 11.8 Å². The maximum Gasteiger partial charge on any atom is 0.253 e. The van der Waals surface area contributed by atoms with Gasteiger partial charge in [0.1, 0.15) is 0 Å². The molecule has 1 fully saturated rings. The number of carbonyl (C=O) groups excluding carboxylic acids is 1. The van der Waals surface area contributed by atoms with Gasteiger partial charge >= 0.3 is 0 Å². The number of amides is 1. The number of fused-ring (bicyclic) bond motifs is 1. The van der Waals surface area contributed by atoms with Gasteiger partial charge in [0.25, 0.3) is 5.78 Å². The van der Waals surface area contributed by atoms with Gasteiger partial charge in [0.2, 0.25) is 11.1 Å². The minimum absolute atomic E-state index is 0.0590. The van der Waals surface area contributed by atoms with E-state index in [1.807, 2.05) is 11.4 Å². The Bertz CT molecular complexity index is 1090. The number of hydrogen-bond donors (Lipinski definition) is 1. The third-order valence-electron chi connectivity index (χ3n) is 6.45. The molecular formula is C24H31N5OS. The third kappa shape index (κ3) is 4.92. The molecule has 0 saturated heterocycles. The van der Waals surface area contributed by atoms with Gasteiger partial charge in [0.15, 0.2) is 0 Å². The van der Waals surface area contributed by atoms with Crippen molar-refractivity contribution >= 4 is 23.4 Å². The summed E-state index contributed by atoms with van der Waals surface area (Å²) < 4.78 is 1.81. The van der Waals surface area contributed by atoms with Crippen LogP contribution in [0.1, 0.15) is 60.7 Å². The molecule has 0 radical (unpaired) electrons. The summed E-state index contributed by atoms with van der Waals surface area (Å²) in [7, 11) is 0. The molecule has 2 aromatic heterocycles. The fourth-order valence-corrected chi connectivity index (χ4v) is 5.04. The van der Waals surface area contributed by atoms with E-state index in [-0.39, 0.29) is 5.91 Å². The van der Waals surface area contributed by atoms with Gasteiger partial charge in [0, 0.05) is 23.9 Å². The molecule has 2 heterocycles. The van der Waals surface area contributed by atoms with E-state index in [4.69, 9.17) is 0 Å². The van der Waals surface area contributed by atoms with Gasteiger partial charge in [-0.1, -0.05) is 55.8 Å². The highest BCUT2D eigenvalue weighted by Crippen LogP contribution is 2.25. The van der Waals surface area contributed by atoms with Crippen LogP contribution in [-0.2, 0) is 11.2 Å². The van der Waals surface area contributed by atoms with Gasteiger partial charge in [-0.2, -0.15) is 4.98 Å². The molecule has 1 N–H and O–H groups in total. The number of aromatic nitrogens is 4. The Labute approximate surface area is 188 Å². The summed E-state index contributed by atoms with van der Waals surface area (Å²) in [6.07, 6.45) is 5.56. The molecule has 1 aliphatic carbocycles. The summed E-state index contributed by atoms with van der Waals surface area (Å²) in [6, 6.07) is 8.72. The molecule has 6 nitrogen and oxygen atoms in total. The van der Waals surface area contributed by atoms with Crippen LogP contribution in [0.4, 0.5) is 0 Å². The molecule has 0 unspecified atom stereocenters. The van der Waals surface area contributed by atoms with E-state index in [9.17, 15) is 4.79 Å². The van der Waals surface area contributed by atoms with Crippen LogP contribution in [0.2, 0.25) is 0 Å². The van der Waals surface area contributed by atoms with Crippen LogP contribution in [0.25, 0.3) is 5.78 Å². The summed E-state index contributed by atoms with van der Waals surface area (Å²) in [5.74, 6) is 1.53. The lowest BCUT2D eigenvalue weighted by Crippen LogP contribution is -2.41. The molecule has 0 spiro atoms. The average molecular weight is 438 g/mol. The summed E-state index contributed by atoms with van der Waals surface area (Å²) in [6.45, 7) is 8.46. The van der Waals surface area contributed by atoms with Crippen molar-refractivity contribution in [2.75, 3.05) is 5.75 Å². The van der Waals surface area contributed by atoms with E-state index in [1.165, 1.54) is 47.7 Å². The van der Waals surface area contributed by atoms with Gasteiger partial charge < -0.3 is 5.32 Å². The van der Waals surface area contributed by atoms with Crippen LogP contribution in [0, 0.1) is 26.7 Å². The topological polar surface area (TPSA) is 72.2 Å². The largest absolute Gasteiger partial charge is 0.352 e. The first-order valence-corrected chi connectivity index (χ1v) is 12.1. The maximum absolute atomic E-state index is 12.4. The van der Waals surface area contributed by atoms with E-state index in [1.54, 1.807) is 0 Å². The highest BCUT2D eigenvalue weighted by molar-refractivity contribution is 7.99. The standard InChI is InChI=1S/C24H31N5OS/c1-15-9-5-7-11-19(15)13-20-17(3)25-23-27-24(28-29(23)18(20)4)31-14-22(30)26-21-12-8-6-10-16(21)2/h5,7,9,11,16,21H,6,8,10,12-14H2,1-4H3,(H,26,30)/t16-,21+/m1/s1. The first-order chi connectivity index (χ1) is 14.9. The molecule has 0 aliphatic heterocycles. The summed E-state index contributed by atoms with van der Waals surface area (Å²) in [5, 5.41) is 8.43. The van der Waals surface area contributed by atoms with Gasteiger partial charge in [-0.05, 0) is 56.2 Å². The Hall–Kier alpha value is -2.41. The van der Waals surface area contributed by atoms with E-state index in [0.717, 1.165) is 24.2 Å². The molecule has 31 heavy (non-hydrogen) atoms. The summed E-state index contributed by atoms with van der Waals surface area (Å²) >= 11 is 1.38. The molecule has 1 aromatic carbocycles. The number of nitrogens with one attached hydrogen (secondary N) is 1. The van der Waals surface area contributed by atoms with E-state index >= 15 is 0 Å². The second-order valence-electron chi connectivity index (χ2n) is 8.70. The summed E-state index contributed by atoms with van der Waals surface area (Å²) in [5.41, 5.74) is 5.76. The molecule has 1 amide bonds. The van der Waals surface area contributed by atoms with Crippen molar-refractivity contribution in [2.24, 2.45) is 5.92 Å². The number of rotatable bonds is 6. The molecule has 1 saturated carbocycles. The Morgan fingerprint density at radius 3 is 2.71 bits per heavy atom. The number of aryl methyl sites for hydroxylation is 3. The predicted molar refractivity (Wildman–Crippen MR) is 125 cm³/mol. The van der Waals surface area contributed by atoms with Crippen molar-refractivity contribution in [2.45, 2.75) is 71.0 Å². The molecule has 164 valence electrons. The zero-order valence-corrected chi connectivity index (χ0v) is 19.6. The fourth-order valence-electron chi connectivity index (χ4n) is 4.42. The first kappa shape index (κ1) is 21.8. The maximum atomic E-state index is 12.4. The van der Waals surface area contributed by atoms with Gasteiger partial charge in [-0.15, -0.1) is 5.10 Å².